The number of hydrogen-bond donors (Lipinski definition) is 2. The van der Waals surface area contributed by atoms with E-state index < -0.39 is 28.7 Å². The molecule has 1 aromatic carbocycles. The molecule has 1 aliphatic heterocycles. The molecule has 0 aliphatic carbocycles. The standard InChI is InChI=1S/C16H17N5O5S/c17-27(23,24)25-7-12-11(22)6-13(26-12)21-9-20-15-14(18-8-19-16(15)21)10-4-2-1-3-5-10/h1-5,8-9,11-13,22H,6-7H2,(H2,17,23,24)/t11-,12+,13+/m0/s1. The van der Waals surface area contributed by atoms with Crippen LogP contribution in [0.3, 0.4) is 0 Å². The Hall–Kier alpha value is -2.44. The van der Waals surface area contributed by atoms with Crippen LogP contribution in [0, 0.1) is 0 Å². The smallest absolute Gasteiger partial charge is 0.333 e. The molecule has 10 nitrogen and oxygen atoms in total. The van der Waals surface area contributed by atoms with Crippen molar-refractivity contribution in [3.63, 3.8) is 0 Å². The Labute approximate surface area is 154 Å². The maximum Gasteiger partial charge on any atom is 0.333 e. The Kier molecular flexibility index (Phi) is 4.61. The first-order valence-electron chi connectivity index (χ1n) is 8.16. The quantitative estimate of drug-likeness (QED) is 0.635. The Morgan fingerprint density at radius 2 is 2.04 bits per heavy atom. The summed E-state index contributed by atoms with van der Waals surface area (Å²) in [5.74, 6) is 0. The monoisotopic (exact) mass is 391 g/mol. The number of aliphatic hydroxyl groups is 1. The van der Waals surface area contributed by atoms with Crippen LogP contribution in [0.1, 0.15) is 12.6 Å². The number of fused-ring (bicyclic) bond motifs is 1. The van der Waals surface area contributed by atoms with E-state index in [-0.39, 0.29) is 13.0 Å². The second-order valence-electron chi connectivity index (χ2n) is 6.12. The summed E-state index contributed by atoms with van der Waals surface area (Å²) in [6, 6.07) is 9.59. The van der Waals surface area contributed by atoms with E-state index >= 15 is 0 Å². The first-order chi connectivity index (χ1) is 12.9. The fraction of sp³-hybridized carbons (Fsp3) is 0.312. The van der Waals surface area contributed by atoms with Gasteiger partial charge in [0.25, 0.3) is 0 Å². The van der Waals surface area contributed by atoms with Crippen LogP contribution in [-0.2, 0) is 19.2 Å². The molecule has 142 valence electrons. The molecule has 3 heterocycles. The zero-order valence-corrected chi connectivity index (χ0v) is 14.9. The van der Waals surface area contributed by atoms with E-state index in [2.05, 4.69) is 19.1 Å². The van der Waals surface area contributed by atoms with Crippen molar-refractivity contribution in [2.75, 3.05) is 6.61 Å². The molecule has 0 bridgehead atoms. The Balaban J connectivity index is 1.62. The van der Waals surface area contributed by atoms with Crippen molar-refractivity contribution in [1.29, 1.82) is 0 Å². The number of hydrogen-bond acceptors (Lipinski definition) is 8. The minimum atomic E-state index is -4.11. The molecule has 0 unspecified atom stereocenters. The van der Waals surface area contributed by atoms with Gasteiger partial charge in [0, 0.05) is 12.0 Å². The molecule has 0 radical (unpaired) electrons. The largest absolute Gasteiger partial charge is 0.390 e. The average molecular weight is 391 g/mol. The summed E-state index contributed by atoms with van der Waals surface area (Å²) < 4.78 is 33.8. The predicted octanol–water partition coefficient (Wildman–Crippen LogP) is 0.362. The van der Waals surface area contributed by atoms with E-state index in [4.69, 9.17) is 9.88 Å². The van der Waals surface area contributed by atoms with E-state index in [9.17, 15) is 13.5 Å². The van der Waals surface area contributed by atoms with Crippen LogP contribution in [0.2, 0.25) is 0 Å². The van der Waals surface area contributed by atoms with E-state index in [1.165, 1.54) is 6.33 Å². The molecule has 0 saturated carbocycles. The van der Waals surface area contributed by atoms with E-state index in [0.717, 1.165) is 5.56 Å². The van der Waals surface area contributed by atoms with Crippen LogP contribution in [0.4, 0.5) is 0 Å². The molecule has 0 amide bonds. The molecule has 0 spiro atoms. The highest BCUT2D eigenvalue weighted by atomic mass is 32.2. The van der Waals surface area contributed by atoms with Gasteiger partial charge in [-0.25, -0.2) is 20.1 Å². The summed E-state index contributed by atoms with van der Waals surface area (Å²) in [7, 11) is -4.11. The van der Waals surface area contributed by atoms with Gasteiger partial charge < -0.3 is 9.84 Å². The molecule has 2 aromatic heterocycles. The fourth-order valence-electron chi connectivity index (χ4n) is 3.07. The van der Waals surface area contributed by atoms with Gasteiger partial charge in [0.2, 0.25) is 0 Å². The zero-order chi connectivity index (χ0) is 19.0. The molecule has 3 atom stereocenters. The summed E-state index contributed by atoms with van der Waals surface area (Å²) in [4.78, 5) is 13.0. The normalized spacial score (nSPS) is 23.1. The van der Waals surface area contributed by atoms with Crippen molar-refractivity contribution < 1.29 is 22.4 Å². The Bertz CT molecular complexity index is 1060. The van der Waals surface area contributed by atoms with E-state index in [1.807, 2.05) is 30.3 Å². The number of imidazole rings is 1. The lowest BCUT2D eigenvalue weighted by Crippen LogP contribution is -2.30. The van der Waals surface area contributed by atoms with Gasteiger partial charge in [-0.2, -0.15) is 8.42 Å². The third kappa shape index (κ3) is 3.68. The first-order valence-corrected chi connectivity index (χ1v) is 9.63. The number of aromatic nitrogens is 4. The predicted molar refractivity (Wildman–Crippen MR) is 94.4 cm³/mol. The van der Waals surface area contributed by atoms with Gasteiger partial charge in [0.05, 0.1) is 19.0 Å². The minimum absolute atomic E-state index is 0.231. The highest BCUT2D eigenvalue weighted by molar-refractivity contribution is 7.84. The molecule has 11 heteroatoms. The van der Waals surface area contributed by atoms with Gasteiger partial charge in [0.1, 0.15) is 29.9 Å². The van der Waals surface area contributed by atoms with Gasteiger partial charge >= 0.3 is 10.3 Å². The van der Waals surface area contributed by atoms with Crippen molar-refractivity contribution in [3.05, 3.63) is 43.0 Å². The zero-order valence-electron chi connectivity index (χ0n) is 14.0. The Morgan fingerprint density at radius 1 is 1.26 bits per heavy atom. The number of nitrogens with two attached hydrogens (primary N) is 1. The van der Waals surface area contributed by atoms with Gasteiger partial charge in [-0.1, -0.05) is 30.3 Å². The molecule has 1 fully saturated rings. The highest BCUT2D eigenvalue weighted by Gasteiger charge is 2.36. The van der Waals surface area contributed by atoms with Crippen LogP contribution >= 0.6 is 0 Å². The second-order valence-corrected chi connectivity index (χ2v) is 7.34. The number of nitrogens with zero attached hydrogens (tertiary/aromatic N) is 4. The number of benzene rings is 1. The summed E-state index contributed by atoms with van der Waals surface area (Å²) in [6.07, 6.45) is 0.917. The van der Waals surface area contributed by atoms with Crippen LogP contribution in [0.5, 0.6) is 0 Å². The van der Waals surface area contributed by atoms with Crippen molar-refractivity contribution in [2.45, 2.75) is 24.9 Å². The maximum absolute atomic E-state index is 10.9. The summed E-state index contributed by atoms with van der Waals surface area (Å²) in [5.41, 5.74) is 2.74. The number of ether oxygens (including phenoxy) is 1. The number of aliphatic hydroxyl groups excluding tert-OH is 1. The first kappa shape index (κ1) is 17.9. The summed E-state index contributed by atoms with van der Waals surface area (Å²) in [6.45, 7) is -0.368. The van der Waals surface area contributed by atoms with E-state index in [0.29, 0.717) is 16.9 Å². The van der Waals surface area contributed by atoms with Crippen LogP contribution in [0.15, 0.2) is 43.0 Å². The third-order valence-electron chi connectivity index (χ3n) is 4.32. The van der Waals surface area contributed by atoms with Gasteiger partial charge in [-0.3, -0.25) is 8.75 Å². The molecule has 3 N–H and O–H groups in total. The van der Waals surface area contributed by atoms with Crippen LogP contribution in [-0.4, -0.2) is 51.9 Å². The fourth-order valence-corrected chi connectivity index (χ4v) is 3.39. The Morgan fingerprint density at radius 3 is 2.78 bits per heavy atom. The van der Waals surface area contributed by atoms with Gasteiger partial charge in [-0.05, 0) is 0 Å². The lowest BCUT2D eigenvalue weighted by molar-refractivity contribution is -0.0371. The SMILES string of the molecule is NS(=O)(=O)OC[C@H]1O[C@@H](n2cnc3c(-c4ccccc4)ncnc32)C[C@@H]1O. The lowest BCUT2D eigenvalue weighted by atomic mass is 10.1. The van der Waals surface area contributed by atoms with Crippen LogP contribution < -0.4 is 5.14 Å². The topological polar surface area (TPSA) is 142 Å². The minimum Gasteiger partial charge on any atom is -0.390 e. The van der Waals surface area contributed by atoms with Crippen LogP contribution in [0.25, 0.3) is 22.4 Å². The summed E-state index contributed by atoms with van der Waals surface area (Å²) in [5, 5.41) is 15.0. The van der Waals surface area contributed by atoms with E-state index in [1.54, 1.807) is 10.9 Å². The molecular weight excluding hydrogens is 374 g/mol. The van der Waals surface area contributed by atoms with Crippen molar-refractivity contribution in [3.8, 4) is 11.3 Å². The molecule has 27 heavy (non-hydrogen) atoms. The van der Waals surface area contributed by atoms with Gasteiger partial charge in [-0.15, -0.1) is 0 Å². The molecule has 1 aliphatic rings. The molecule has 3 aromatic rings. The molecular formula is C16H17N5O5S. The highest BCUT2D eigenvalue weighted by Crippen LogP contribution is 2.32. The second kappa shape index (κ2) is 6.94. The van der Waals surface area contributed by atoms with Crippen molar-refractivity contribution >= 4 is 21.5 Å². The molecule has 1 saturated heterocycles. The van der Waals surface area contributed by atoms with Crippen molar-refractivity contribution in [1.82, 2.24) is 19.5 Å². The van der Waals surface area contributed by atoms with Gasteiger partial charge in [0.15, 0.2) is 5.65 Å². The third-order valence-corrected chi connectivity index (χ3v) is 4.78. The summed E-state index contributed by atoms with van der Waals surface area (Å²) >= 11 is 0. The van der Waals surface area contributed by atoms with Crippen molar-refractivity contribution in [2.24, 2.45) is 5.14 Å². The number of rotatable bonds is 5. The lowest BCUT2D eigenvalue weighted by Gasteiger charge is -2.15. The average Bonchev–Trinajstić information content (AvgIpc) is 3.23. The molecule has 4 rings (SSSR count). The maximum atomic E-state index is 10.9.